The highest BCUT2D eigenvalue weighted by Crippen LogP contribution is 2.23. The summed E-state index contributed by atoms with van der Waals surface area (Å²) in [6.45, 7) is 2.26. The summed E-state index contributed by atoms with van der Waals surface area (Å²) in [5, 5.41) is 9.57. The highest BCUT2D eigenvalue weighted by molar-refractivity contribution is 9.10. The van der Waals surface area contributed by atoms with Gasteiger partial charge in [-0.3, -0.25) is 0 Å². The first-order chi connectivity index (χ1) is 6.00. The van der Waals surface area contributed by atoms with Gasteiger partial charge in [-0.2, -0.15) is 0 Å². The minimum atomic E-state index is -0.932. The molecule has 0 bridgehead atoms. The van der Waals surface area contributed by atoms with Gasteiger partial charge in [-0.15, -0.1) is 11.3 Å². The van der Waals surface area contributed by atoms with Gasteiger partial charge >= 0.3 is 6.09 Å². The average molecular weight is 265 g/mol. The number of thiazole rings is 1. The van der Waals surface area contributed by atoms with E-state index in [9.17, 15) is 4.79 Å². The molecule has 72 valence electrons. The molecular weight excluding hydrogens is 256 g/mol. The Morgan fingerprint density at radius 3 is 2.77 bits per heavy atom. The maximum atomic E-state index is 10.5. The summed E-state index contributed by atoms with van der Waals surface area (Å²) in [6, 6.07) is 0. The molecular formula is C7H9BrN2O2S. The molecule has 0 spiro atoms. The zero-order valence-corrected chi connectivity index (χ0v) is 9.65. The van der Waals surface area contributed by atoms with Crippen LogP contribution in [-0.4, -0.2) is 28.1 Å². The first-order valence-electron chi connectivity index (χ1n) is 3.56. The number of aryl methyl sites for hydroxylation is 1. The Morgan fingerprint density at radius 1 is 1.77 bits per heavy atom. The van der Waals surface area contributed by atoms with Crippen LogP contribution in [0.3, 0.4) is 0 Å². The van der Waals surface area contributed by atoms with Crippen LogP contribution >= 0.6 is 27.3 Å². The molecule has 0 aliphatic heterocycles. The highest BCUT2D eigenvalue weighted by atomic mass is 79.9. The number of halogens is 1. The maximum Gasteiger partial charge on any atom is 0.407 e. The molecule has 1 heterocycles. The molecule has 0 fully saturated rings. The van der Waals surface area contributed by atoms with Gasteiger partial charge in [0.15, 0.2) is 0 Å². The molecule has 0 aromatic carbocycles. The van der Waals surface area contributed by atoms with E-state index in [0.717, 1.165) is 14.5 Å². The molecule has 1 amide bonds. The fourth-order valence-electron chi connectivity index (χ4n) is 0.824. The standard InChI is InChI=1S/C7H9BrN2O2S/c1-4-9-6(8)5(13-4)3-10(2)7(11)12/h3H2,1-2H3,(H,11,12). The molecule has 1 N–H and O–H groups in total. The first-order valence-corrected chi connectivity index (χ1v) is 5.17. The van der Waals surface area contributed by atoms with Crippen molar-refractivity contribution < 1.29 is 9.90 Å². The molecule has 0 saturated heterocycles. The average Bonchev–Trinajstić information content (AvgIpc) is 2.30. The smallest absolute Gasteiger partial charge is 0.407 e. The second-order valence-corrected chi connectivity index (χ2v) is 4.62. The fourth-order valence-corrected chi connectivity index (χ4v) is 2.46. The van der Waals surface area contributed by atoms with Gasteiger partial charge in [-0.25, -0.2) is 9.78 Å². The topological polar surface area (TPSA) is 53.4 Å². The van der Waals surface area contributed by atoms with Gasteiger partial charge in [0.1, 0.15) is 4.60 Å². The van der Waals surface area contributed by atoms with E-state index in [1.165, 1.54) is 23.3 Å². The molecule has 0 radical (unpaired) electrons. The second kappa shape index (κ2) is 4.06. The molecule has 4 nitrogen and oxygen atoms in total. The van der Waals surface area contributed by atoms with Crippen LogP contribution in [0.2, 0.25) is 0 Å². The third-order valence-corrected chi connectivity index (χ3v) is 3.34. The largest absolute Gasteiger partial charge is 0.465 e. The molecule has 0 unspecified atom stereocenters. The van der Waals surface area contributed by atoms with Crippen LogP contribution in [0.5, 0.6) is 0 Å². The van der Waals surface area contributed by atoms with Crippen LogP contribution in [0.1, 0.15) is 9.88 Å². The summed E-state index contributed by atoms with van der Waals surface area (Å²) >= 11 is 4.77. The molecule has 0 aliphatic rings. The number of aromatic nitrogens is 1. The van der Waals surface area contributed by atoms with Crippen LogP contribution in [0.4, 0.5) is 4.79 Å². The Morgan fingerprint density at radius 2 is 2.38 bits per heavy atom. The molecule has 1 aromatic rings. The predicted molar refractivity (Wildman–Crippen MR) is 54.0 cm³/mol. The number of hydrogen-bond donors (Lipinski definition) is 1. The van der Waals surface area contributed by atoms with Crippen molar-refractivity contribution >= 4 is 33.4 Å². The normalized spacial score (nSPS) is 10.1. The van der Waals surface area contributed by atoms with E-state index < -0.39 is 6.09 Å². The number of rotatable bonds is 2. The van der Waals surface area contributed by atoms with Crippen molar-refractivity contribution in [3.05, 3.63) is 14.5 Å². The summed E-state index contributed by atoms with van der Waals surface area (Å²) in [4.78, 5) is 16.8. The molecule has 0 saturated carbocycles. The Kier molecular flexibility index (Phi) is 3.27. The minimum absolute atomic E-state index is 0.376. The summed E-state index contributed by atoms with van der Waals surface area (Å²) < 4.78 is 0.739. The van der Waals surface area contributed by atoms with Gasteiger partial charge < -0.3 is 10.0 Å². The van der Waals surface area contributed by atoms with Crippen molar-refractivity contribution in [2.45, 2.75) is 13.5 Å². The number of hydrogen-bond acceptors (Lipinski definition) is 3. The van der Waals surface area contributed by atoms with Crippen molar-refractivity contribution in [1.82, 2.24) is 9.88 Å². The Hall–Kier alpha value is -0.620. The van der Waals surface area contributed by atoms with E-state index in [1.54, 1.807) is 0 Å². The Bertz CT molecular complexity index is 326. The summed E-state index contributed by atoms with van der Waals surface area (Å²) in [5.41, 5.74) is 0. The molecule has 0 atom stereocenters. The lowest BCUT2D eigenvalue weighted by atomic mass is 10.5. The lowest BCUT2D eigenvalue weighted by Gasteiger charge is -2.10. The molecule has 13 heavy (non-hydrogen) atoms. The Labute approximate surface area is 88.3 Å². The first kappa shape index (κ1) is 10.5. The SMILES string of the molecule is Cc1nc(Br)c(CN(C)C(=O)O)s1. The molecule has 1 aromatic heterocycles. The van der Waals surface area contributed by atoms with Crippen molar-refractivity contribution in [2.24, 2.45) is 0 Å². The van der Waals surface area contributed by atoms with E-state index in [1.807, 2.05) is 6.92 Å². The van der Waals surface area contributed by atoms with Crippen molar-refractivity contribution in [2.75, 3.05) is 7.05 Å². The number of nitrogens with zero attached hydrogens (tertiary/aromatic N) is 2. The van der Waals surface area contributed by atoms with Crippen LogP contribution < -0.4 is 0 Å². The lowest BCUT2D eigenvalue weighted by Crippen LogP contribution is -2.23. The molecule has 0 aliphatic carbocycles. The monoisotopic (exact) mass is 264 g/mol. The van der Waals surface area contributed by atoms with Gasteiger partial charge in [-0.1, -0.05) is 0 Å². The van der Waals surface area contributed by atoms with Gasteiger partial charge in [-0.05, 0) is 22.9 Å². The van der Waals surface area contributed by atoms with E-state index in [-0.39, 0.29) is 0 Å². The van der Waals surface area contributed by atoms with Gasteiger partial charge in [0.25, 0.3) is 0 Å². The second-order valence-electron chi connectivity index (χ2n) is 2.59. The minimum Gasteiger partial charge on any atom is -0.465 e. The van der Waals surface area contributed by atoms with Gasteiger partial charge in [0.05, 0.1) is 16.4 Å². The lowest BCUT2D eigenvalue weighted by molar-refractivity contribution is 0.154. The van der Waals surface area contributed by atoms with E-state index in [0.29, 0.717) is 6.54 Å². The van der Waals surface area contributed by atoms with Crippen LogP contribution in [0, 0.1) is 6.92 Å². The van der Waals surface area contributed by atoms with Crippen LogP contribution in [0.15, 0.2) is 4.60 Å². The fraction of sp³-hybridized carbons (Fsp3) is 0.429. The van der Waals surface area contributed by atoms with Gasteiger partial charge in [0.2, 0.25) is 0 Å². The predicted octanol–water partition coefficient (Wildman–Crippen LogP) is 2.32. The molecule has 6 heteroatoms. The zero-order valence-electron chi connectivity index (χ0n) is 7.24. The third kappa shape index (κ3) is 2.67. The molecule has 1 rings (SSSR count). The van der Waals surface area contributed by atoms with Crippen LogP contribution in [0.25, 0.3) is 0 Å². The summed E-state index contributed by atoms with van der Waals surface area (Å²) in [6.07, 6.45) is -0.932. The third-order valence-electron chi connectivity index (χ3n) is 1.46. The number of amides is 1. The Balaban J connectivity index is 2.74. The van der Waals surface area contributed by atoms with Crippen molar-refractivity contribution in [1.29, 1.82) is 0 Å². The van der Waals surface area contributed by atoms with E-state index in [4.69, 9.17) is 5.11 Å². The number of carboxylic acid groups (broad SMARTS) is 1. The van der Waals surface area contributed by atoms with Crippen molar-refractivity contribution in [3.63, 3.8) is 0 Å². The zero-order chi connectivity index (χ0) is 10.0. The highest BCUT2D eigenvalue weighted by Gasteiger charge is 2.11. The summed E-state index contributed by atoms with van der Waals surface area (Å²) in [7, 11) is 1.53. The van der Waals surface area contributed by atoms with E-state index in [2.05, 4.69) is 20.9 Å². The maximum absolute atomic E-state index is 10.5. The number of carbonyl (C=O) groups is 1. The summed E-state index contributed by atoms with van der Waals surface area (Å²) in [5.74, 6) is 0. The van der Waals surface area contributed by atoms with Crippen molar-refractivity contribution in [3.8, 4) is 0 Å². The van der Waals surface area contributed by atoms with Gasteiger partial charge in [0, 0.05) is 7.05 Å². The van der Waals surface area contributed by atoms with Crippen LogP contribution in [-0.2, 0) is 6.54 Å². The van der Waals surface area contributed by atoms with E-state index >= 15 is 0 Å². The quantitative estimate of drug-likeness (QED) is 0.892.